The summed E-state index contributed by atoms with van der Waals surface area (Å²) >= 11 is 0. The van der Waals surface area contributed by atoms with Crippen molar-refractivity contribution in [2.75, 3.05) is 13.1 Å². The van der Waals surface area contributed by atoms with Gasteiger partial charge >= 0.3 is 0 Å². The highest BCUT2D eigenvalue weighted by molar-refractivity contribution is 7.89. The Morgan fingerprint density at radius 1 is 1.45 bits per heavy atom. The first-order valence-corrected chi connectivity index (χ1v) is 8.13. The summed E-state index contributed by atoms with van der Waals surface area (Å²) in [5.74, 6) is -0.0851. The average Bonchev–Trinajstić information content (AvgIpc) is 2.76. The van der Waals surface area contributed by atoms with Crippen LogP contribution in [0.4, 0.5) is 0 Å². The molecule has 20 heavy (non-hydrogen) atoms. The van der Waals surface area contributed by atoms with E-state index in [9.17, 15) is 13.2 Å². The predicted octanol–water partition coefficient (Wildman–Crippen LogP) is 0.874. The molecule has 0 fully saturated rings. The van der Waals surface area contributed by atoms with Crippen LogP contribution in [0.5, 0.6) is 0 Å². The molecule has 0 aliphatic heterocycles. The Hall–Kier alpha value is -1.41. The number of sulfonamides is 1. The smallest absolute Gasteiger partial charge is 0.275 e. The highest BCUT2D eigenvalue weighted by Crippen LogP contribution is 2.18. The molecule has 0 aromatic carbocycles. The molecule has 1 amide bonds. The lowest BCUT2D eigenvalue weighted by Gasteiger charge is -2.23. The molecule has 1 aromatic rings. The van der Waals surface area contributed by atoms with Gasteiger partial charge in [-0.05, 0) is 19.8 Å². The third kappa shape index (κ3) is 3.57. The van der Waals surface area contributed by atoms with E-state index in [2.05, 4.69) is 10.2 Å². The summed E-state index contributed by atoms with van der Waals surface area (Å²) < 4.78 is 23.2. The summed E-state index contributed by atoms with van der Waals surface area (Å²) in [4.78, 5) is 13.8. The summed E-state index contributed by atoms with van der Waals surface area (Å²) in [6.45, 7) is 8.48. The van der Waals surface area contributed by atoms with Gasteiger partial charge in [0.05, 0.1) is 5.69 Å². The number of rotatable bonds is 6. The second-order valence-electron chi connectivity index (χ2n) is 4.93. The average molecular weight is 302 g/mol. The van der Waals surface area contributed by atoms with E-state index in [1.807, 2.05) is 20.8 Å². The van der Waals surface area contributed by atoms with E-state index in [1.165, 1.54) is 6.92 Å². The molecule has 114 valence electrons. The minimum absolute atomic E-state index is 0.129. The van der Waals surface area contributed by atoms with Gasteiger partial charge in [-0.15, -0.1) is 0 Å². The Balaban J connectivity index is 3.15. The van der Waals surface area contributed by atoms with Gasteiger partial charge in [-0.1, -0.05) is 20.3 Å². The van der Waals surface area contributed by atoms with Crippen molar-refractivity contribution in [3.8, 4) is 0 Å². The van der Waals surface area contributed by atoms with Gasteiger partial charge in [0, 0.05) is 13.1 Å². The lowest BCUT2D eigenvalue weighted by atomic mass is 10.1. The van der Waals surface area contributed by atoms with Gasteiger partial charge in [0.15, 0.2) is 5.69 Å². The van der Waals surface area contributed by atoms with Crippen LogP contribution in [0.1, 0.15) is 43.4 Å². The third-order valence-corrected chi connectivity index (χ3v) is 4.34. The van der Waals surface area contributed by atoms with Crippen LogP contribution in [0.15, 0.2) is 4.90 Å². The molecule has 0 saturated heterocycles. The first-order chi connectivity index (χ1) is 9.22. The second-order valence-corrected chi connectivity index (χ2v) is 6.43. The lowest BCUT2D eigenvalue weighted by molar-refractivity contribution is 0.0731. The number of nitrogens with zero attached hydrogens (tertiary/aromatic N) is 2. The number of carbonyl (C=O) groups excluding carboxylic acids is 1. The molecule has 8 heteroatoms. The topological polar surface area (TPSA) is 109 Å². The number of carbonyl (C=O) groups is 1. The normalized spacial score (nSPS) is 13.2. The van der Waals surface area contributed by atoms with E-state index in [-0.39, 0.29) is 16.3 Å². The van der Waals surface area contributed by atoms with E-state index in [0.29, 0.717) is 19.0 Å². The highest BCUT2D eigenvalue weighted by Gasteiger charge is 2.28. The van der Waals surface area contributed by atoms with Crippen molar-refractivity contribution in [2.24, 2.45) is 11.1 Å². The fourth-order valence-electron chi connectivity index (χ4n) is 1.92. The zero-order valence-corrected chi connectivity index (χ0v) is 13.1. The van der Waals surface area contributed by atoms with E-state index in [4.69, 9.17) is 5.14 Å². The number of amides is 1. The van der Waals surface area contributed by atoms with Gasteiger partial charge in [0.2, 0.25) is 10.0 Å². The molecule has 0 saturated carbocycles. The molecule has 0 aliphatic carbocycles. The number of nitrogens with two attached hydrogens (primary N) is 1. The maximum absolute atomic E-state index is 12.4. The molecule has 0 aliphatic rings. The number of aromatic amines is 1. The Labute approximate surface area is 119 Å². The Kier molecular flexibility index (Phi) is 5.29. The summed E-state index contributed by atoms with van der Waals surface area (Å²) in [7, 11) is -3.98. The Morgan fingerprint density at radius 2 is 2.05 bits per heavy atom. The maximum Gasteiger partial charge on any atom is 0.275 e. The van der Waals surface area contributed by atoms with Crippen molar-refractivity contribution in [2.45, 2.75) is 39.0 Å². The monoisotopic (exact) mass is 302 g/mol. The Morgan fingerprint density at radius 3 is 2.50 bits per heavy atom. The predicted molar refractivity (Wildman–Crippen MR) is 75.7 cm³/mol. The van der Waals surface area contributed by atoms with E-state index >= 15 is 0 Å². The summed E-state index contributed by atoms with van der Waals surface area (Å²) in [6, 6.07) is 0. The first-order valence-electron chi connectivity index (χ1n) is 6.59. The van der Waals surface area contributed by atoms with Gasteiger partial charge in [-0.3, -0.25) is 9.89 Å². The fourth-order valence-corrected chi connectivity index (χ4v) is 2.80. The summed E-state index contributed by atoms with van der Waals surface area (Å²) in [5, 5.41) is 11.5. The molecule has 1 unspecified atom stereocenters. The molecule has 1 heterocycles. The van der Waals surface area contributed by atoms with Gasteiger partial charge < -0.3 is 4.90 Å². The van der Waals surface area contributed by atoms with Crippen LogP contribution in [-0.2, 0) is 10.0 Å². The molecule has 0 radical (unpaired) electrons. The number of nitrogens with one attached hydrogen (secondary N) is 1. The zero-order chi connectivity index (χ0) is 15.5. The van der Waals surface area contributed by atoms with E-state index in [0.717, 1.165) is 6.42 Å². The lowest BCUT2D eigenvalue weighted by Crippen LogP contribution is -2.35. The van der Waals surface area contributed by atoms with Crippen LogP contribution in [0.2, 0.25) is 0 Å². The standard InChI is InChI=1S/C12H22N4O3S/c1-5-8(3)7-16(6-2)12(17)10-11(20(13,18)19)9(4)14-15-10/h8H,5-7H2,1-4H3,(H,14,15)(H2,13,18,19). The number of hydrogen-bond acceptors (Lipinski definition) is 4. The van der Waals surface area contributed by atoms with Crippen molar-refractivity contribution in [3.63, 3.8) is 0 Å². The molecule has 1 aromatic heterocycles. The van der Waals surface area contributed by atoms with Crippen LogP contribution in [0.25, 0.3) is 0 Å². The van der Waals surface area contributed by atoms with Crippen LogP contribution < -0.4 is 5.14 Å². The quantitative estimate of drug-likeness (QED) is 0.812. The van der Waals surface area contributed by atoms with Gasteiger partial charge in [0.1, 0.15) is 4.90 Å². The number of aryl methyl sites for hydroxylation is 1. The van der Waals surface area contributed by atoms with Crippen LogP contribution in [-0.4, -0.2) is 42.5 Å². The molecular weight excluding hydrogens is 280 g/mol. The van der Waals surface area contributed by atoms with Crippen molar-refractivity contribution < 1.29 is 13.2 Å². The summed E-state index contributed by atoms with van der Waals surface area (Å²) in [6.07, 6.45) is 0.936. The molecule has 3 N–H and O–H groups in total. The highest BCUT2D eigenvalue weighted by atomic mass is 32.2. The first kappa shape index (κ1) is 16.6. The SMILES string of the molecule is CCC(C)CN(CC)C(=O)c1n[nH]c(C)c1S(N)(=O)=O. The van der Waals surface area contributed by atoms with Crippen LogP contribution in [0, 0.1) is 12.8 Å². The Bertz CT molecular complexity index is 580. The molecule has 7 nitrogen and oxygen atoms in total. The van der Waals surface area contributed by atoms with Crippen molar-refractivity contribution >= 4 is 15.9 Å². The van der Waals surface area contributed by atoms with Crippen molar-refractivity contribution in [1.82, 2.24) is 15.1 Å². The third-order valence-electron chi connectivity index (χ3n) is 3.28. The van der Waals surface area contributed by atoms with Gasteiger partial charge in [-0.2, -0.15) is 5.10 Å². The minimum Gasteiger partial charge on any atom is -0.337 e. The van der Waals surface area contributed by atoms with Gasteiger partial charge in [0.25, 0.3) is 5.91 Å². The van der Waals surface area contributed by atoms with Crippen LogP contribution >= 0.6 is 0 Å². The van der Waals surface area contributed by atoms with Crippen molar-refractivity contribution in [1.29, 1.82) is 0 Å². The van der Waals surface area contributed by atoms with Crippen molar-refractivity contribution in [3.05, 3.63) is 11.4 Å². The van der Waals surface area contributed by atoms with E-state index in [1.54, 1.807) is 4.90 Å². The minimum atomic E-state index is -3.98. The molecule has 1 rings (SSSR count). The largest absolute Gasteiger partial charge is 0.337 e. The number of aromatic nitrogens is 2. The number of H-pyrrole nitrogens is 1. The second kappa shape index (κ2) is 6.36. The maximum atomic E-state index is 12.4. The molecule has 0 bridgehead atoms. The zero-order valence-electron chi connectivity index (χ0n) is 12.3. The van der Waals surface area contributed by atoms with Gasteiger partial charge in [-0.25, -0.2) is 13.6 Å². The van der Waals surface area contributed by atoms with E-state index < -0.39 is 15.9 Å². The molecule has 1 atom stereocenters. The number of primary sulfonamides is 1. The fraction of sp³-hybridized carbons (Fsp3) is 0.667. The molecular formula is C12H22N4O3S. The van der Waals surface area contributed by atoms with Crippen LogP contribution in [0.3, 0.4) is 0 Å². The number of hydrogen-bond donors (Lipinski definition) is 2. The summed E-state index contributed by atoms with van der Waals surface area (Å²) in [5.41, 5.74) is 0.144. The molecule has 0 spiro atoms.